The molecule has 0 spiro atoms. The first-order valence-electron chi connectivity index (χ1n) is 9.20. The van der Waals surface area contributed by atoms with E-state index in [-0.39, 0.29) is 36.2 Å². The maximum Gasteiger partial charge on any atom is 0.416 e. The number of rotatable bonds is 9. The van der Waals surface area contributed by atoms with E-state index < -0.39 is 16.7 Å². The number of halogens is 4. The molecule has 31 heavy (non-hydrogen) atoms. The Morgan fingerprint density at radius 1 is 1.13 bits per heavy atom. The predicted molar refractivity (Wildman–Crippen MR) is 122 cm³/mol. The third-order valence-corrected chi connectivity index (χ3v) is 4.10. The predicted octanol–water partition coefficient (Wildman–Crippen LogP) is 4.50. The molecule has 7 nitrogen and oxygen atoms in total. The average Bonchev–Trinajstić information content (AvgIpc) is 2.72. The molecule has 2 aromatic carbocycles. The summed E-state index contributed by atoms with van der Waals surface area (Å²) in [7, 11) is 1.59. The van der Waals surface area contributed by atoms with Gasteiger partial charge in [-0.2, -0.15) is 13.2 Å². The lowest BCUT2D eigenvalue weighted by Gasteiger charge is -2.13. The summed E-state index contributed by atoms with van der Waals surface area (Å²) in [4.78, 5) is 14.6. The summed E-state index contributed by atoms with van der Waals surface area (Å²) in [6.45, 7) is 1.51. The van der Waals surface area contributed by atoms with Crippen LogP contribution in [0.1, 0.15) is 23.1 Å². The van der Waals surface area contributed by atoms with E-state index in [1.54, 1.807) is 25.3 Å². The van der Waals surface area contributed by atoms with Gasteiger partial charge in [-0.15, -0.1) is 24.0 Å². The van der Waals surface area contributed by atoms with E-state index in [1.165, 1.54) is 18.2 Å². The van der Waals surface area contributed by atoms with Gasteiger partial charge in [0.05, 0.1) is 17.0 Å². The summed E-state index contributed by atoms with van der Waals surface area (Å²) in [5.41, 5.74) is 0.503. The molecule has 0 aliphatic carbocycles. The molecule has 0 fully saturated rings. The van der Waals surface area contributed by atoms with Crippen LogP contribution in [0.3, 0.4) is 0 Å². The van der Waals surface area contributed by atoms with Crippen molar-refractivity contribution in [3.05, 3.63) is 75.3 Å². The van der Waals surface area contributed by atoms with Crippen molar-refractivity contribution in [2.45, 2.75) is 25.7 Å². The summed E-state index contributed by atoms with van der Waals surface area (Å²) in [5.74, 6) is 0.418. The summed E-state index contributed by atoms with van der Waals surface area (Å²) in [6, 6.07) is 11.1. The van der Waals surface area contributed by atoms with Crippen molar-refractivity contribution in [1.29, 1.82) is 0 Å². The first kappa shape index (κ1) is 26.6. The van der Waals surface area contributed by atoms with Crippen molar-refractivity contribution in [3.63, 3.8) is 0 Å². The molecule has 0 heterocycles. The fourth-order valence-corrected chi connectivity index (χ4v) is 2.54. The Morgan fingerprint density at radius 2 is 1.84 bits per heavy atom. The SMILES string of the molecule is COCCCNC(=NCc1cccc(C(F)(F)F)c1)NCc1ccc([N+](=O)[O-])cc1.I. The number of hydrogen-bond acceptors (Lipinski definition) is 4. The zero-order chi connectivity index (χ0) is 22.0. The molecule has 0 unspecified atom stereocenters. The number of nitro groups is 1. The standard InChI is InChI=1S/C20H23F3N4O3.HI/c1-30-11-3-10-24-19(25-13-15-6-8-18(9-7-15)27(28)29)26-14-16-4-2-5-17(12-16)20(21,22)23;/h2,4-9,12H,3,10-11,13-14H2,1H3,(H2,24,25,26);1H. The van der Waals surface area contributed by atoms with E-state index in [0.717, 1.165) is 24.1 Å². The number of nitrogens with one attached hydrogen (secondary N) is 2. The van der Waals surface area contributed by atoms with Crippen molar-refractivity contribution >= 4 is 35.6 Å². The quantitative estimate of drug-likeness (QED) is 0.120. The third-order valence-electron chi connectivity index (χ3n) is 4.10. The van der Waals surface area contributed by atoms with E-state index in [1.807, 2.05) is 0 Å². The van der Waals surface area contributed by atoms with Crippen LogP contribution in [0, 0.1) is 10.1 Å². The van der Waals surface area contributed by atoms with Gasteiger partial charge in [-0.05, 0) is 29.7 Å². The van der Waals surface area contributed by atoms with E-state index >= 15 is 0 Å². The number of methoxy groups -OCH3 is 1. The normalized spacial score (nSPS) is 11.5. The number of alkyl halides is 3. The maximum absolute atomic E-state index is 12.9. The Bertz CT molecular complexity index is 861. The van der Waals surface area contributed by atoms with Gasteiger partial charge in [-0.1, -0.05) is 24.3 Å². The van der Waals surface area contributed by atoms with Gasteiger partial charge in [-0.25, -0.2) is 4.99 Å². The van der Waals surface area contributed by atoms with Gasteiger partial charge in [0.2, 0.25) is 0 Å². The molecular formula is C20H24F3IN4O3. The smallest absolute Gasteiger partial charge is 0.385 e. The van der Waals surface area contributed by atoms with Crippen LogP contribution >= 0.6 is 24.0 Å². The number of nitrogens with zero attached hydrogens (tertiary/aromatic N) is 2. The molecule has 0 aromatic heterocycles. The second-order valence-corrected chi connectivity index (χ2v) is 6.41. The zero-order valence-corrected chi connectivity index (χ0v) is 19.1. The van der Waals surface area contributed by atoms with E-state index in [2.05, 4.69) is 15.6 Å². The van der Waals surface area contributed by atoms with E-state index in [9.17, 15) is 23.3 Å². The van der Waals surface area contributed by atoms with Crippen LogP contribution in [0.5, 0.6) is 0 Å². The number of guanidine groups is 1. The first-order valence-corrected chi connectivity index (χ1v) is 9.20. The van der Waals surface area contributed by atoms with Crippen molar-refractivity contribution in [1.82, 2.24) is 10.6 Å². The summed E-state index contributed by atoms with van der Waals surface area (Å²) in [5, 5.41) is 16.9. The van der Waals surface area contributed by atoms with Gasteiger partial charge in [0.25, 0.3) is 5.69 Å². The molecule has 0 saturated carbocycles. The van der Waals surface area contributed by atoms with Crippen LogP contribution in [0.2, 0.25) is 0 Å². The molecule has 11 heteroatoms. The topological polar surface area (TPSA) is 88.8 Å². The fourth-order valence-electron chi connectivity index (χ4n) is 2.54. The Balaban J connectivity index is 0.00000480. The van der Waals surface area contributed by atoms with Crippen molar-refractivity contribution in [3.8, 4) is 0 Å². The molecule has 0 radical (unpaired) electrons. The second kappa shape index (κ2) is 13.1. The van der Waals surface area contributed by atoms with Crippen LogP contribution in [0.15, 0.2) is 53.5 Å². The molecule has 0 atom stereocenters. The number of benzene rings is 2. The minimum Gasteiger partial charge on any atom is -0.385 e. The minimum absolute atomic E-state index is 0. The molecular weight excluding hydrogens is 528 g/mol. The van der Waals surface area contributed by atoms with Crippen molar-refractivity contribution < 1.29 is 22.8 Å². The molecule has 0 amide bonds. The monoisotopic (exact) mass is 552 g/mol. The molecule has 2 N–H and O–H groups in total. The van der Waals surface area contributed by atoms with Gasteiger partial charge >= 0.3 is 6.18 Å². The van der Waals surface area contributed by atoms with E-state index in [4.69, 9.17) is 4.74 Å². The van der Waals surface area contributed by atoms with Gasteiger partial charge in [-0.3, -0.25) is 10.1 Å². The minimum atomic E-state index is -4.41. The van der Waals surface area contributed by atoms with Crippen LogP contribution < -0.4 is 10.6 Å². The van der Waals surface area contributed by atoms with Crippen LogP contribution in [-0.4, -0.2) is 31.1 Å². The summed E-state index contributed by atoms with van der Waals surface area (Å²) in [6.07, 6.45) is -3.69. The molecule has 2 rings (SSSR count). The highest BCUT2D eigenvalue weighted by molar-refractivity contribution is 14.0. The number of aliphatic imine (C=N–C) groups is 1. The van der Waals surface area contributed by atoms with Gasteiger partial charge in [0.1, 0.15) is 0 Å². The van der Waals surface area contributed by atoms with Gasteiger partial charge in [0.15, 0.2) is 5.96 Å². The van der Waals surface area contributed by atoms with Gasteiger partial charge < -0.3 is 15.4 Å². The highest BCUT2D eigenvalue weighted by atomic mass is 127. The number of hydrogen-bond donors (Lipinski definition) is 2. The Labute approximate surface area is 195 Å². The lowest BCUT2D eigenvalue weighted by molar-refractivity contribution is -0.384. The molecule has 0 aliphatic rings. The summed E-state index contributed by atoms with van der Waals surface area (Å²) < 4.78 is 43.6. The Morgan fingerprint density at radius 3 is 2.45 bits per heavy atom. The highest BCUT2D eigenvalue weighted by Gasteiger charge is 2.30. The number of ether oxygens (including phenoxy) is 1. The van der Waals surface area contributed by atoms with Crippen LogP contribution in [0.25, 0.3) is 0 Å². The Kier molecular flexibility index (Phi) is 11.3. The van der Waals surface area contributed by atoms with Gasteiger partial charge in [0, 0.05) is 38.9 Å². The van der Waals surface area contributed by atoms with E-state index in [0.29, 0.717) is 31.2 Å². The fraction of sp³-hybridized carbons (Fsp3) is 0.350. The molecule has 0 saturated heterocycles. The number of nitro benzene ring substituents is 1. The number of non-ortho nitro benzene ring substituents is 1. The average molecular weight is 552 g/mol. The van der Waals surface area contributed by atoms with Crippen LogP contribution in [-0.2, 0) is 24.0 Å². The molecule has 170 valence electrons. The van der Waals surface area contributed by atoms with Crippen LogP contribution in [0.4, 0.5) is 18.9 Å². The summed E-state index contributed by atoms with van der Waals surface area (Å²) >= 11 is 0. The van der Waals surface area contributed by atoms with Crippen molar-refractivity contribution in [2.75, 3.05) is 20.3 Å². The lowest BCUT2D eigenvalue weighted by Crippen LogP contribution is -2.37. The third kappa shape index (κ3) is 9.51. The zero-order valence-electron chi connectivity index (χ0n) is 16.8. The second-order valence-electron chi connectivity index (χ2n) is 6.41. The molecule has 2 aromatic rings. The molecule has 0 aliphatic heterocycles. The largest absolute Gasteiger partial charge is 0.416 e. The van der Waals surface area contributed by atoms with Crippen molar-refractivity contribution in [2.24, 2.45) is 4.99 Å². The highest BCUT2D eigenvalue weighted by Crippen LogP contribution is 2.29. The lowest BCUT2D eigenvalue weighted by atomic mass is 10.1. The Hall–Kier alpha value is -2.41. The maximum atomic E-state index is 12.9. The first-order chi connectivity index (χ1) is 14.3. The molecule has 0 bridgehead atoms.